The molecule has 2 heteroatoms. The molecule has 1 aliphatic heterocycles. The first-order valence-corrected chi connectivity index (χ1v) is 4.25. The highest BCUT2D eigenvalue weighted by atomic mass is 16.7. The van der Waals surface area contributed by atoms with Gasteiger partial charge < -0.3 is 9.47 Å². The fraction of sp³-hybridized carbons (Fsp3) is 0.778. The molecular formula is C9H14O2. The van der Waals surface area contributed by atoms with E-state index in [1.54, 1.807) is 0 Å². The van der Waals surface area contributed by atoms with Crippen molar-refractivity contribution in [1.82, 2.24) is 0 Å². The van der Waals surface area contributed by atoms with Gasteiger partial charge in [0.1, 0.15) is 0 Å². The highest BCUT2D eigenvalue weighted by Gasteiger charge is 2.37. The Balaban J connectivity index is 2.09. The Morgan fingerprint density at radius 1 is 1.36 bits per heavy atom. The van der Waals surface area contributed by atoms with Crippen LogP contribution in [0.5, 0.6) is 0 Å². The first kappa shape index (κ1) is 7.32. The summed E-state index contributed by atoms with van der Waals surface area (Å²) in [5, 5.41) is 0. The van der Waals surface area contributed by atoms with Gasteiger partial charge >= 0.3 is 0 Å². The van der Waals surface area contributed by atoms with E-state index in [-0.39, 0.29) is 5.79 Å². The molecule has 0 saturated carbocycles. The summed E-state index contributed by atoms with van der Waals surface area (Å²) >= 11 is 0. The van der Waals surface area contributed by atoms with Gasteiger partial charge in [0, 0.05) is 12.8 Å². The quantitative estimate of drug-likeness (QED) is 0.494. The number of hydrogen-bond acceptors (Lipinski definition) is 2. The van der Waals surface area contributed by atoms with Crippen LogP contribution in [0.4, 0.5) is 0 Å². The van der Waals surface area contributed by atoms with E-state index in [1.807, 2.05) is 0 Å². The average Bonchev–Trinajstić information content (AvgIpc) is 2.37. The molecule has 0 radical (unpaired) electrons. The van der Waals surface area contributed by atoms with Crippen LogP contribution in [0.1, 0.15) is 19.8 Å². The Labute approximate surface area is 67.2 Å². The molecule has 1 atom stereocenters. The van der Waals surface area contributed by atoms with Gasteiger partial charge in [0.2, 0.25) is 0 Å². The summed E-state index contributed by atoms with van der Waals surface area (Å²) in [7, 11) is 0. The van der Waals surface area contributed by atoms with E-state index in [4.69, 9.17) is 9.47 Å². The summed E-state index contributed by atoms with van der Waals surface area (Å²) in [6.07, 6.45) is 6.34. The molecule has 0 amide bonds. The molecule has 1 spiro atoms. The molecule has 62 valence electrons. The molecule has 11 heavy (non-hydrogen) atoms. The number of allylic oxidation sites excluding steroid dienone is 1. The molecule has 0 aromatic heterocycles. The summed E-state index contributed by atoms with van der Waals surface area (Å²) in [6, 6.07) is 0. The molecule has 2 aliphatic rings. The van der Waals surface area contributed by atoms with Crippen LogP contribution in [0.2, 0.25) is 0 Å². The topological polar surface area (TPSA) is 18.5 Å². The van der Waals surface area contributed by atoms with Gasteiger partial charge in [-0.3, -0.25) is 0 Å². The number of ether oxygens (including phenoxy) is 2. The Morgan fingerprint density at radius 3 is 2.73 bits per heavy atom. The third-order valence-electron chi connectivity index (χ3n) is 2.34. The van der Waals surface area contributed by atoms with E-state index < -0.39 is 0 Å². The predicted molar refractivity (Wildman–Crippen MR) is 42.2 cm³/mol. The van der Waals surface area contributed by atoms with Crippen LogP contribution in [0.3, 0.4) is 0 Å². The minimum Gasteiger partial charge on any atom is -0.347 e. The second kappa shape index (κ2) is 2.61. The second-order valence-electron chi connectivity index (χ2n) is 3.42. The summed E-state index contributed by atoms with van der Waals surface area (Å²) in [5.74, 6) is 0.357. The van der Waals surface area contributed by atoms with Crippen LogP contribution >= 0.6 is 0 Å². The van der Waals surface area contributed by atoms with E-state index in [0.29, 0.717) is 5.92 Å². The standard InChI is InChI=1S/C9H14O2/c1-8-3-2-4-9(7-8)10-5-6-11-9/h2-3,8H,4-7H2,1H3. The maximum atomic E-state index is 5.58. The van der Waals surface area contributed by atoms with Gasteiger partial charge in [-0.2, -0.15) is 0 Å². The van der Waals surface area contributed by atoms with E-state index in [0.717, 1.165) is 26.1 Å². The minimum absolute atomic E-state index is 0.242. The fourth-order valence-electron chi connectivity index (χ4n) is 1.85. The SMILES string of the molecule is CC1C=CCC2(C1)OCCO2. The fourth-order valence-corrected chi connectivity index (χ4v) is 1.85. The zero-order chi connectivity index (χ0) is 7.73. The molecular weight excluding hydrogens is 140 g/mol. The molecule has 0 aromatic rings. The largest absolute Gasteiger partial charge is 0.347 e. The van der Waals surface area contributed by atoms with Gasteiger partial charge in [-0.15, -0.1) is 0 Å². The van der Waals surface area contributed by atoms with Crippen molar-refractivity contribution in [2.75, 3.05) is 13.2 Å². The lowest BCUT2D eigenvalue weighted by molar-refractivity contribution is -0.166. The van der Waals surface area contributed by atoms with Gasteiger partial charge in [-0.05, 0) is 5.92 Å². The molecule has 1 heterocycles. The Morgan fingerprint density at radius 2 is 2.09 bits per heavy atom. The van der Waals surface area contributed by atoms with Crippen molar-refractivity contribution in [1.29, 1.82) is 0 Å². The highest BCUT2D eigenvalue weighted by molar-refractivity contribution is 4.99. The monoisotopic (exact) mass is 154 g/mol. The summed E-state index contributed by atoms with van der Waals surface area (Å²) in [4.78, 5) is 0. The second-order valence-corrected chi connectivity index (χ2v) is 3.42. The maximum Gasteiger partial charge on any atom is 0.172 e. The molecule has 1 aliphatic carbocycles. The van der Waals surface area contributed by atoms with Crippen LogP contribution in [0.25, 0.3) is 0 Å². The zero-order valence-corrected chi connectivity index (χ0v) is 6.88. The molecule has 2 nitrogen and oxygen atoms in total. The zero-order valence-electron chi connectivity index (χ0n) is 6.88. The van der Waals surface area contributed by atoms with E-state index in [2.05, 4.69) is 19.1 Å². The molecule has 2 rings (SSSR count). The van der Waals surface area contributed by atoms with Gasteiger partial charge in [0.25, 0.3) is 0 Å². The Kier molecular flexibility index (Phi) is 1.74. The van der Waals surface area contributed by atoms with Crippen LogP contribution in [-0.4, -0.2) is 19.0 Å². The van der Waals surface area contributed by atoms with Crippen molar-refractivity contribution >= 4 is 0 Å². The van der Waals surface area contributed by atoms with Crippen molar-refractivity contribution in [3.05, 3.63) is 12.2 Å². The average molecular weight is 154 g/mol. The number of hydrogen-bond donors (Lipinski definition) is 0. The van der Waals surface area contributed by atoms with Crippen molar-refractivity contribution in [2.24, 2.45) is 5.92 Å². The molecule has 1 fully saturated rings. The third kappa shape index (κ3) is 1.33. The van der Waals surface area contributed by atoms with E-state index >= 15 is 0 Å². The van der Waals surface area contributed by atoms with Crippen LogP contribution in [-0.2, 0) is 9.47 Å². The molecule has 1 saturated heterocycles. The summed E-state index contributed by atoms with van der Waals surface area (Å²) in [6.45, 7) is 3.73. The van der Waals surface area contributed by atoms with Gasteiger partial charge in [0.15, 0.2) is 5.79 Å². The maximum absolute atomic E-state index is 5.58. The lowest BCUT2D eigenvalue weighted by atomic mass is 9.92. The first-order valence-electron chi connectivity index (χ1n) is 4.25. The van der Waals surface area contributed by atoms with Crippen LogP contribution in [0.15, 0.2) is 12.2 Å². The predicted octanol–water partition coefficient (Wildman–Crippen LogP) is 1.72. The van der Waals surface area contributed by atoms with Gasteiger partial charge in [-0.1, -0.05) is 19.1 Å². The van der Waals surface area contributed by atoms with Crippen molar-refractivity contribution in [3.8, 4) is 0 Å². The minimum atomic E-state index is -0.242. The smallest absolute Gasteiger partial charge is 0.172 e. The van der Waals surface area contributed by atoms with E-state index in [9.17, 15) is 0 Å². The Bertz CT molecular complexity index is 168. The highest BCUT2D eigenvalue weighted by Crippen LogP contribution is 2.34. The van der Waals surface area contributed by atoms with Gasteiger partial charge in [-0.25, -0.2) is 0 Å². The van der Waals surface area contributed by atoms with Crippen LogP contribution in [0, 0.1) is 5.92 Å². The molecule has 0 aromatic carbocycles. The molecule has 1 unspecified atom stereocenters. The molecule has 0 bridgehead atoms. The molecule has 0 N–H and O–H groups in total. The normalized spacial score (nSPS) is 34.8. The van der Waals surface area contributed by atoms with Crippen LogP contribution < -0.4 is 0 Å². The van der Waals surface area contributed by atoms with Crippen molar-refractivity contribution < 1.29 is 9.47 Å². The Hall–Kier alpha value is -0.340. The third-order valence-corrected chi connectivity index (χ3v) is 2.34. The van der Waals surface area contributed by atoms with E-state index in [1.165, 1.54) is 0 Å². The lowest BCUT2D eigenvalue weighted by Crippen LogP contribution is -2.33. The lowest BCUT2D eigenvalue weighted by Gasteiger charge is -2.31. The van der Waals surface area contributed by atoms with Gasteiger partial charge in [0.05, 0.1) is 13.2 Å². The van der Waals surface area contributed by atoms with Crippen molar-refractivity contribution in [3.63, 3.8) is 0 Å². The summed E-state index contributed by atoms with van der Waals surface area (Å²) in [5.41, 5.74) is 0. The summed E-state index contributed by atoms with van der Waals surface area (Å²) < 4.78 is 11.2. The number of rotatable bonds is 0. The first-order chi connectivity index (χ1) is 5.31. The van der Waals surface area contributed by atoms with Crippen molar-refractivity contribution in [2.45, 2.75) is 25.6 Å².